The van der Waals surface area contributed by atoms with Crippen LogP contribution in [0.4, 0.5) is 0 Å². The average molecular weight is 544 g/mol. The van der Waals surface area contributed by atoms with Gasteiger partial charge in [0.2, 0.25) is 0 Å². The number of hydrogen-bond acceptors (Lipinski definition) is 6. The zero-order chi connectivity index (χ0) is 20.2. The third kappa shape index (κ3) is 6.67. The first-order chi connectivity index (χ1) is 12.5. The maximum absolute atomic E-state index is 12.6. The number of rotatable bonds is 9. The number of sulfone groups is 1. The molecule has 11 heteroatoms. The molecular formula is C16H20Br2N2O5S2. The Kier molecular flexibility index (Phi) is 7.65. The van der Waals surface area contributed by atoms with Crippen molar-refractivity contribution in [1.82, 2.24) is 9.55 Å². The number of aromatic nitrogens is 2. The van der Waals surface area contributed by atoms with Gasteiger partial charge in [-0.05, 0) is 56.2 Å². The number of hydrogen-bond donors (Lipinski definition) is 1. The predicted molar refractivity (Wildman–Crippen MR) is 112 cm³/mol. The van der Waals surface area contributed by atoms with Crippen molar-refractivity contribution in [2.45, 2.75) is 37.6 Å². The Balaban J connectivity index is 1.83. The molecule has 1 N–H and O–H groups in total. The summed E-state index contributed by atoms with van der Waals surface area (Å²) in [4.78, 5) is 24.7. The minimum absolute atomic E-state index is 0.0333. The molecule has 2 rings (SSSR count). The van der Waals surface area contributed by atoms with E-state index in [4.69, 9.17) is 4.74 Å². The molecule has 0 unspecified atom stereocenters. The predicted octanol–water partition coefficient (Wildman–Crippen LogP) is 3.38. The Morgan fingerprint density at radius 2 is 2.00 bits per heavy atom. The van der Waals surface area contributed by atoms with Crippen molar-refractivity contribution in [3.8, 4) is 0 Å². The largest absolute Gasteiger partial charge is 0.361 e. The monoisotopic (exact) mass is 542 g/mol. The summed E-state index contributed by atoms with van der Waals surface area (Å²) in [6.45, 7) is 4.24. The summed E-state index contributed by atoms with van der Waals surface area (Å²) < 4.78 is 33.8. The lowest BCUT2D eigenvalue weighted by Crippen LogP contribution is -2.29. The number of nitrogens with one attached hydrogen (secondary N) is 1. The quantitative estimate of drug-likeness (QED) is 0.489. The fraction of sp³-hybridized carbons (Fsp3) is 0.500. The van der Waals surface area contributed by atoms with Crippen LogP contribution in [0.15, 0.2) is 40.4 Å². The summed E-state index contributed by atoms with van der Waals surface area (Å²) in [7, 11) is -3.38. The maximum Gasteiger partial charge on any atom is 0.330 e. The van der Waals surface area contributed by atoms with Gasteiger partial charge in [0.25, 0.3) is 5.56 Å². The molecule has 0 radical (unpaired) electrons. The SMILES string of the molecule is CC(C)(CCCOCn1ccc(=O)[nH]c1=O)CS(=O)(=O)c1cc(Br)c(Br)s1. The maximum atomic E-state index is 12.6. The highest BCUT2D eigenvalue weighted by Gasteiger charge is 2.29. The molecule has 0 saturated carbocycles. The van der Waals surface area contributed by atoms with Crippen molar-refractivity contribution < 1.29 is 13.2 Å². The molecule has 7 nitrogen and oxygen atoms in total. The number of ether oxygens (including phenoxy) is 1. The summed E-state index contributed by atoms with van der Waals surface area (Å²) >= 11 is 7.83. The van der Waals surface area contributed by atoms with Crippen LogP contribution >= 0.6 is 43.2 Å². The van der Waals surface area contributed by atoms with Crippen LogP contribution in [0.25, 0.3) is 0 Å². The lowest BCUT2D eigenvalue weighted by molar-refractivity contribution is 0.0663. The van der Waals surface area contributed by atoms with Gasteiger partial charge in [-0.3, -0.25) is 14.3 Å². The number of aromatic amines is 1. The Morgan fingerprint density at radius 3 is 2.59 bits per heavy atom. The van der Waals surface area contributed by atoms with E-state index in [2.05, 4.69) is 36.8 Å². The van der Waals surface area contributed by atoms with Crippen molar-refractivity contribution in [1.29, 1.82) is 0 Å². The summed E-state index contributed by atoms with van der Waals surface area (Å²) in [6, 6.07) is 2.87. The molecule has 0 bridgehead atoms. The Labute approximate surface area is 177 Å². The van der Waals surface area contributed by atoms with E-state index in [0.717, 1.165) is 8.26 Å². The number of nitrogens with zero attached hydrogens (tertiary/aromatic N) is 1. The molecule has 0 spiro atoms. The third-order valence-electron chi connectivity index (χ3n) is 3.78. The van der Waals surface area contributed by atoms with Crippen LogP contribution < -0.4 is 11.2 Å². The molecule has 0 saturated heterocycles. The lowest BCUT2D eigenvalue weighted by atomic mass is 9.90. The number of H-pyrrole nitrogens is 1. The molecule has 0 atom stereocenters. The minimum Gasteiger partial charge on any atom is -0.361 e. The van der Waals surface area contributed by atoms with Crippen LogP contribution in [0, 0.1) is 5.41 Å². The van der Waals surface area contributed by atoms with Gasteiger partial charge < -0.3 is 4.74 Å². The molecular weight excluding hydrogens is 524 g/mol. The van der Waals surface area contributed by atoms with Crippen LogP contribution in [0.1, 0.15) is 26.7 Å². The van der Waals surface area contributed by atoms with E-state index in [1.165, 1.54) is 28.2 Å². The average Bonchev–Trinajstić information content (AvgIpc) is 2.88. The van der Waals surface area contributed by atoms with Gasteiger partial charge in [-0.25, -0.2) is 13.2 Å². The van der Waals surface area contributed by atoms with E-state index in [1.807, 2.05) is 13.8 Å². The Hall–Kier alpha value is -0.750. The lowest BCUT2D eigenvalue weighted by Gasteiger charge is -2.24. The molecule has 2 heterocycles. The van der Waals surface area contributed by atoms with Crippen molar-refractivity contribution in [2.24, 2.45) is 5.41 Å². The van der Waals surface area contributed by atoms with E-state index >= 15 is 0 Å². The molecule has 0 aliphatic heterocycles. The second kappa shape index (κ2) is 9.17. The third-order valence-corrected chi connectivity index (χ3v) is 9.73. The van der Waals surface area contributed by atoms with Gasteiger partial charge in [0, 0.05) is 23.3 Å². The topological polar surface area (TPSA) is 98.2 Å². The molecule has 0 aromatic carbocycles. The molecule has 0 aliphatic carbocycles. The van der Waals surface area contributed by atoms with E-state index in [1.54, 1.807) is 6.07 Å². The summed E-state index contributed by atoms with van der Waals surface area (Å²) in [5, 5.41) is 0. The second-order valence-corrected chi connectivity index (χ2v) is 12.3. The smallest absolute Gasteiger partial charge is 0.330 e. The standard InChI is InChI=1S/C16H20Br2N2O5S2/c1-16(2,9-27(23,24)13-8-11(17)14(18)26-13)5-3-7-25-10-20-6-4-12(21)19-15(20)22/h4,6,8H,3,5,7,9-10H2,1-2H3,(H,19,21,22). The molecule has 150 valence electrons. The van der Waals surface area contributed by atoms with E-state index in [0.29, 0.717) is 23.7 Å². The van der Waals surface area contributed by atoms with E-state index < -0.39 is 26.5 Å². The van der Waals surface area contributed by atoms with E-state index in [9.17, 15) is 18.0 Å². The summed E-state index contributed by atoms with van der Waals surface area (Å²) in [5.74, 6) is 0.0405. The highest BCUT2D eigenvalue weighted by molar-refractivity contribution is 9.13. The van der Waals surface area contributed by atoms with Gasteiger partial charge in [0.15, 0.2) is 9.84 Å². The first-order valence-electron chi connectivity index (χ1n) is 8.05. The minimum atomic E-state index is -3.38. The summed E-state index contributed by atoms with van der Waals surface area (Å²) in [5.41, 5.74) is -1.40. The van der Waals surface area contributed by atoms with Crippen LogP contribution in [0.5, 0.6) is 0 Å². The van der Waals surface area contributed by atoms with Crippen LogP contribution in [0.2, 0.25) is 0 Å². The van der Waals surface area contributed by atoms with Gasteiger partial charge in [0.05, 0.1) is 9.54 Å². The Bertz CT molecular complexity index is 989. The Morgan fingerprint density at radius 1 is 1.30 bits per heavy atom. The zero-order valence-corrected chi connectivity index (χ0v) is 19.6. The first kappa shape index (κ1) is 22.5. The van der Waals surface area contributed by atoms with Crippen LogP contribution in [-0.4, -0.2) is 30.3 Å². The fourth-order valence-corrected chi connectivity index (χ4v) is 7.29. The summed E-state index contributed by atoms with van der Waals surface area (Å²) in [6.07, 6.45) is 2.67. The highest BCUT2D eigenvalue weighted by atomic mass is 79.9. The van der Waals surface area contributed by atoms with Gasteiger partial charge in [-0.15, -0.1) is 11.3 Å². The molecule has 2 aromatic rings. The van der Waals surface area contributed by atoms with Crippen LogP contribution in [0.3, 0.4) is 0 Å². The van der Waals surface area contributed by atoms with E-state index in [-0.39, 0.29) is 12.5 Å². The molecule has 0 fully saturated rings. The van der Waals surface area contributed by atoms with Gasteiger partial charge in [0.1, 0.15) is 10.9 Å². The molecule has 27 heavy (non-hydrogen) atoms. The molecule has 0 amide bonds. The van der Waals surface area contributed by atoms with Crippen molar-refractivity contribution in [3.05, 3.63) is 47.4 Å². The fourth-order valence-electron chi connectivity index (χ4n) is 2.50. The highest BCUT2D eigenvalue weighted by Crippen LogP contribution is 2.37. The number of halogens is 2. The van der Waals surface area contributed by atoms with Gasteiger partial charge >= 0.3 is 5.69 Å². The van der Waals surface area contributed by atoms with Crippen molar-refractivity contribution >= 4 is 53.0 Å². The zero-order valence-electron chi connectivity index (χ0n) is 14.8. The normalized spacial score (nSPS) is 12.4. The van der Waals surface area contributed by atoms with Crippen molar-refractivity contribution in [2.75, 3.05) is 12.4 Å². The second-order valence-electron chi connectivity index (χ2n) is 6.83. The molecule has 0 aliphatic rings. The van der Waals surface area contributed by atoms with Crippen molar-refractivity contribution in [3.63, 3.8) is 0 Å². The number of thiophene rings is 1. The van der Waals surface area contributed by atoms with Gasteiger partial charge in [-0.2, -0.15) is 0 Å². The van der Waals surface area contributed by atoms with Crippen LogP contribution in [-0.2, 0) is 21.3 Å². The van der Waals surface area contributed by atoms with Gasteiger partial charge in [-0.1, -0.05) is 13.8 Å². The first-order valence-corrected chi connectivity index (χ1v) is 12.1. The molecule has 2 aromatic heterocycles.